The molecule has 0 aliphatic heterocycles. The first-order valence-corrected chi connectivity index (χ1v) is 9.82. The maximum absolute atomic E-state index is 12.0. The molecule has 0 aromatic carbocycles. The number of nitrogens with one attached hydrogen (secondary N) is 3. The normalized spacial score (nSPS) is 13.7. The summed E-state index contributed by atoms with van der Waals surface area (Å²) in [4.78, 5) is 57.1. The Morgan fingerprint density at radius 3 is 2.19 bits per heavy atom. The predicted molar refractivity (Wildman–Crippen MR) is 102 cm³/mol. The highest BCUT2D eigenvalue weighted by Gasteiger charge is 2.25. The number of nitrogens with two attached hydrogens (primary N) is 1. The molecule has 0 saturated heterocycles. The van der Waals surface area contributed by atoms with Crippen LogP contribution in [0.25, 0.3) is 0 Å². The van der Waals surface area contributed by atoms with Gasteiger partial charge in [-0.15, -0.1) is 0 Å². The zero-order chi connectivity index (χ0) is 21.0. The minimum Gasteiger partial charge on any atom is -0.481 e. The Balaban J connectivity index is 4.54. The molecular formula is C14H24N4O7S2. The van der Waals surface area contributed by atoms with Gasteiger partial charge in [-0.1, -0.05) is 0 Å². The zero-order valence-electron chi connectivity index (χ0n) is 14.6. The van der Waals surface area contributed by atoms with Gasteiger partial charge < -0.3 is 31.9 Å². The fourth-order valence-electron chi connectivity index (χ4n) is 1.76. The van der Waals surface area contributed by atoms with E-state index >= 15 is 0 Å². The van der Waals surface area contributed by atoms with Crippen LogP contribution < -0.4 is 21.7 Å². The number of hydrogen-bond donors (Lipinski definition) is 7. The van der Waals surface area contributed by atoms with Crippen molar-refractivity contribution in [3.63, 3.8) is 0 Å². The van der Waals surface area contributed by atoms with E-state index in [0.29, 0.717) is 12.2 Å². The van der Waals surface area contributed by atoms with Gasteiger partial charge in [0.15, 0.2) is 0 Å². The van der Waals surface area contributed by atoms with Crippen LogP contribution in [0.3, 0.4) is 0 Å². The number of thioether (sulfide) groups is 1. The Morgan fingerprint density at radius 2 is 1.70 bits per heavy atom. The van der Waals surface area contributed by atoms with Gasteiger partial charge in [0.05, 0.1) is 19.0 Å². The van der Waals surface area contributed by atoms with E-state index in [2.05, 4.69) is 23.3 Å². The van der Waals surface area contributed by atoms with E-state index in [1.165, 1.54) is 11.8 Å². The van der Waals surface area contributed by atoms with Gasteiger partial charge in [0.1, 0.15) is 12.1 Å². The molecule has 0 spiro atoms. The van der Waals surface area contributed by atoms with Gasteiger partial charge in [0.25, 0.3) is 0 Å². The van der Waals surface area contributed by atoms with E-state index in [-0.39, 0.29) is 5.75 Å². The number of rotatable bonds is 13. The van der Waals surface area contributed by atoms with Gasteiger partial charge in [-0.3, -0.25) is 19.2 Å². The third-order valence-corrected chi connectivity index (χ3v) is 4.23. The molecule has 0 aromatic heterocycles. The highest BCUT2D eigenvalue weighted by atomic mass is 32.2. The van der Waals surface area contributed by atoms with Crippen LogP contribution in [0.4, 0.5) is 0 Å². The monoisotopic (exact) mass is 424 g/mol. The lowest BCUT2D eigenvalue weighted by molar-refractivity contribution is -0.147. The van der Waals surface area contributed by atoms with E-state index in [1.54, 1.807) is 0 Å². The van der Waals surface area contributed by atoms with E-state index in [4.69, 9.17) is 15.9 Å². The summed E-state index contributed by atoms with van der Waals surface area (Å²) in [6.07, 6.45) is 1.49. The first-order chi connectivity index (χ1) is 12.6. The summed E-state index contributed by atoms with van der Waals surface area (Å²) in [6.45, 7) is -0.596. The van der Waals surface area contributed by atoms with Crippen molar-refractivity contribution in [2.45, 2.75) is 31.0 Å². The van der Waals surface area contributed by atoms with Crippen molar-refractivity contribution in [2.75, 3.05) is 24.3 Å². The summed E-state index contributed by atoms with van der Waals surface area (Å²) in [5.41, 5.74) is 5.70. The van der Waals surface area contributed by atoms with Crippen molar-refractivity contribution < 1.29 is 34.2 Å². The van der Waals surface area contributed by atoms with Gasteiger partial charge in [0, 0.05) is 5.75 Å². The minimum absolute atomic E-state index is 0.0504. The lowest BCUT2D eigenvalue weighted by Gasteiger charge is -2.19. The number of hydrogen-bond acceptors (Lipinski definition) is 8. The average Bonchev–Trinajstić information content (AvgIpc) is 2.60. The largest absolute Gasteiger partial charge is 0.481 e. The number of carboxylic acid groups (broad SMARTS) is 2. The quantitative estimate of drug-likeness (QED) is 0.159. The smallest absolute Gasteiger partial charge is 0.326 e. The molecule has 0 radical (unpaired) electrons. The summed E-state index contributed by atoms with van der Waals surface area (Å²) in [5, 5.41) is 24.1. The van der Waals surface area contributed by atoms with Crippen LogP contribution in [0.2, 0.25) is 0 Å². The summed E-state index contributed by atoms with van der Waals surface area (Å²) < 4.78 is 0. The second-order valence-electron chi connectivity index (χ2n) is 5.41. The minimum atomic E-state index is -1.62. The maximum Gasteiger partial charge on any atom is 0.326 e. The molecule has 0 fully saturated rings. The van der Waals surface area contributed by atoms with Crippen molar-refractivity contribution in [3.05, 3.63) is 0 Å². The van der Waals surface area contributed by atoms with E-state index in [9.17, 15) is 24.0 Å². The molecule has 0 heterocycles. The van der Waals surface area contributed by atoms with Crippen LogP contribution in [0.15, 0.2) is 0 Å². The molecular weight excluding hydrogens is 400 g/mol. The van der Waals surface area contributed by atoms with Crippen molar-refractivity contribution in [1.29, 1.82) is 0 Å². The third kappa shape index (κ3) is 10.7. The molecule has 0 bridgehead atoms. The molecule has 13 heteroatoms. The molecule has 0 aromatic rings. The zero-order valence-corrected chi connectivity index (χ0v) is 16.3. The summed E-state index contributed by atoms with van der Waals surface area (Å²) in [7, 11) is 0. The first kappa shape index (κ1) is 25.0. The number of amides is 3. The Labute approximate surface area is 165 Å². The number of thiol groups is 1. The highest BCUT2D eigenvalue weighted by Crippen LogP contribution is 2.00. The van der Waals surface area contributed by atoms with Gasteiger partial charge in [-0.05, 0) is 18.4 Å². The van der Waals surface area contributed by atoms with E-state index in [0.717, 1.165) is 0 Å². The van der Waals surface area contributed by atoms with Gasteiger partial charge >= 0.3 is 11.9 Å². The number of carbonyl (C=O) groups is 5. The molecule has 7 N–H and O–H groups in total. The van der Waals surface area contributed by atoms with Crippen LogP contribution in [0.5, 0.6) is 0 Å². The maximum atomic E-state index is 12.0. The van der Waals surface area contributed by atoms with Crippen LogP contribution in [0.1, 0.15) is 12.8 Å². The molecule has 154 valence electrons. The van der Waals surface area contributed by atoms with Crippen LogP contribution in [0, 0.1) is 0 Å². The summed E-state index contributed by atoms with van der Waals surface area (Å²) >= 11 is 5.49. The number of aliphatic carboxylic acids is 2. The van der Waals surface area contributed by atoms with Crippen molar-refractivity contribution in [2.24, 2.45) is 5.73 Å². The van der Waals surface area contributed by atoms with Crippen molar-refractivity contribution in [3.8, 4) is 0 Å². The molecule has 3 unspecified atom stereocenters. The Morgan fingerprint density at radius 1 is 1.07 bits per heavy atom. The first-order valence-electron chi connectivity index (χ1n) is 7.79. The summed E-state index contributed by atoms with van der Waals surface area (Å²) in [5.74, 6) is -4.43. The molecule has 27 heavy (non-hydrogen) atoms. The number of carbonyl (C=O) groups excluding carboxylic acids is 3. The summed E-state index contributed by atoms with van der Waals surface area (Å²) in [6, 6.07) is -3.45. The molecule has 0 aliphatic carbocycles. The molecule has 3 amide bonds. The van der Waals surface area contributed by atoms with Crippen LogP contribution >= 0.6 is 24.4 Å². The molecule has 3 atom stereocenters. The number of carboxylic acids is 2. The molecule has 11 nitrogen and oxygen atoms in total. The fourth-order valence-corrected chi connectivity index (χ4v) is 2.51. The average molecular weight is 425 g/mol. The predicted octanol–water partition coefficient (Wildman–Crippen LogP) is -2.36. The van der Waals surface area contributed by atoms with E-state index < -0.39 is 60.8 Å². The fraction of sp³-hybridized carbons (Fsp3) is 0.643. The second kappa shape index (κ2) is 13.2. The van der Waals surface area contributed by atoms with Crippen LogP contribution in [-0.2, 0) is 24.0 Å². The Hall–Kier alpha value is -1.99. The van der Waals surface area contributed by atoms with Crippen molar-refractivity contribution in [1.82, 2.24) is 16.0 Å². The van der Waals surface area contributed by atoms with Gasteiger partial charge in [-0.25, -0.2) is 4.79 Å². The third-order valence-electron chi connectivity index (χ3n) is 3.22. The topological polar surface area (TPSA) is 188 Å². The second-order valence-corrected chi connectivity index (χ2v) is 6.76. The SMILES string of the molecule is CSCCC(N)C(=O)NC(CS)C(=O)NCC(=O)NC(CC(=O)O)C(=O)O. The van der Waals surface area contributed by atoms with E-state index in [1.807, 2.05) is 11.6 Å². The van der Waals surface area contributed by atoms with Crippen molar-refractivity contribution >= 4 is 54.1 Å². The highest BCUT2D eigenvalue weighted by molar-refractivity contribution is 7.98. The molecule has 0 saturated carbocycles. The lowest BCUT2D eigenvalue weighted by atomic mass is 10.2. The molecule has 0 rings (SSSR count). The molecule has 0 aliphatic rings. The van der Waals surface area contributed by atoms with Gasteiger partial charge in [-0.2, -0.15) is 24.4 Å². The Bertz CT molecular complexity index is 562. The Kier molecular flexibility index (Phi) is 12.2. The standard InChI is InChI=1S/C14H24N4O7S2/c1-27-3-2-7(15)12(22)18-9(6-26)13(23)16-5-10(19)17-8(14(24)25)4-11(20)21/h7-9,26H,2-6,15H2,1H3,(H,16,23)(H,17,19)(H,18,22)(H,20,21)(H,24,25). The lowest BCUT2D eigenvalue weighted by Crippen LogP contribution is -2.54. The van der Waals surface area contributed by atoms with Gasteiger partial charge in [0.2, 0.25) is 17.7 Å². The van der Waals surface area contributed by atoms with Crippen LogP contribution in [-0.4, -0.2) is 82.3 Å².